The Morgan fingerprint density at radius 3 is 2.43 bits per heavy atom. The number of rotatable bonds is 5. The lowest BCUT2D eigenvalue weighted by atomic mass is 10.2. The van der Waals surface area contributed by atoms with Gasteiger partial charge in [0.25, 0.3) is 0 Å². The van der Waals surface area contributed by atoms with E-state index in [1.807, 2.05) is 0 Å². The summed E-state index contributed by atoms with van der Waals surface area (Å²) in [5.74, 6) is -0.517. The van der Waals surface area contributed by atoms with Crippen LogP contribution in [-0.4, -0.2) is 25.0 Å². The predicted molar refractivity (Wildman–Crippen MR) is 78.4 cm³/mol. The van der Waals surface area contributed by atoms with E-state index in [0.29, 0.717) is 17.9 Å². The second kappa shape index (κ2) is 5.69. The number of hydrogen-bond donors (Lipinski definition) is 1. The van der Waals surface area contributed by atoms with Crippen LogP contribution < -0.4 is 4.72 Å². The van der Waals surface area contributed by atoms with Gasteiger partial charge >= 0.3 is 0 Å². The van der Waals surface area contributed by atoms with Gasteiger partial charge in [0, 0.05) is 19.7 Å². The lowest BCUT2D eigenvalue weighted by molar-refractivity contribution is 0.100. The number of carbonyl (C=O) groups is 1. The van der Waals surface area contributed by atoms with Crippen molar-refractivity contribution in [1.29, 1.82) is 0 Å². The van der Waals surface area contributed by atoms with Gasteiger partial charge in [0.15, 0.2) is 5.78 Å². The van der Waals surface area contributed by atoms with E-state index in [0.717, 1.165) is 11.8 Å². The molecule has 7 heteroatoms. The van der Waals surface area contributed by atoms with Gasteiger partial charge in [-0.2, -0.15) is 0 Å². The lowest BCUT2D eigenvalue weighted by Crippen LogP contribution is -2.08. The van der Waals surface area contributed by atoms with Gasteiger partial charge < -0.3 is 4.57 Å². The number of aromatic nitrogens is 1. The Morgan fingerprint density at radius 1 is 1.29 bits per heavy atom. The van der Waals surface area contributed by atoms with Crippen LogP contribution in [0.3, 0.4) is 0 Å². The highest BCUT2D eigenvalue weighted by Crippen LogP contribution is 2.18. The van der Waals surface area contributed by atoms with Crippen LogP contribution in [0.25, 0.3) is 0 Å². The van der Waals surface area contributed by atoms with Gasteiger partial charge in [0.05, 0.1) is 17.6 Å². The number of sulfonamides is 1. The molecule has 1 heterocycles. The molecule has 0 saturated heterocycles. The molecule has 0 spiro atoms. The zero-order valence-corrected chi connectivity index (χ0v) is 12.4. The molecule has 21 heavy (non-hydrogen) atoms. The van der Waals surface area contributed by atoms with Gasteiger partial charge in [-0.05, 0) is 23.8 Å². The van der Waals surface area contributed by atoms with Crippen molar-refractivity contribution >= 4 is 21.5 Å². The third-order valence-electron chi connectivity index (χ3n) is 2.83. The van der Waals surface area contributed by atoms with Crippen molar-refractivity contribution in [2.75, 3.05) is 11.0 Å². The Morgan fingerprint density at radius 2 is 1.90 bits per heavy atom. The summed E-state index contributed by atoms with van der Waals surface area (Å²) >= 11 is 0. The van der Waals surface area contributed by atoms with Gasteiger partial charge in [0.2, 0.25) is 10.0 Å². The highest BCUT2D eigenvalue weighted by molar-refractivity contribution is 7.92. The van der Waals surface area contributed by atoms with Gasteiger partial charge in [-0.25, -0.2) is 12.8 Å². The number of carbonyl (C=O) groups excluding carboxylic acids is 1. The molecule has 0 aliphatic carbocycles. The minimum Gasteiger partial charge on any atom is -0.339 e. The minimum absolute atomic E-state index is 0.182. The number of ketones is 1. The van der Waals surface area contributed by atoms with Crippen molar-refractivity contribution < 1.29 is 17.6 Å². The van der Waals surface area contributed by atoms with Gasteiger partial charge in [-0.1, -0.05) is 12.1 Å². The van der Waals surface area contributed by atoms with E-state index >= 15 is 0 Å². The molecule has 0 amide bonds. The van der Waals surface area contributed by atoms with Gasteiger partial charge in [-0.15, -0.1) is 0 Å². The molecular formula is C14H15FN2O3S. The van der Waals surface area contributed by atoms with E-state index in [4.69, 9.17) is 0 Å². The molecule has 0 fully saturated rings. The van der Waals surface area contributed by atoms with E-state index < -0.39 is 10.0 Å². The van der Waals surface area contributed by atoms with Crippen molar-refractivity contribution in [3.63, 3.8) is 0 Å². The molecule has 1 aromatic heterocycles. The normalized spacial score (nSPS) is 11.4. The van der Waals surface area contributed by atoms with Crippen molar-refractivity contribution in [2.45, 2.75) is 13.5 Å². The molecule has 0 radical (unpaired) electrons. The largest absolute Gasteiger partial charge is 0.339 e. The molecule has 0 aliphatic heterocycles. The Labute approximate surface area is 122 Å². The van der Waals surface area contributed by atoms with Crippen LogP contribution in [0.1, 0.15) is 23.0 Å². The molecule has 0 atom stereocenters. The first-order valence-corrected chi connectivity index (χ1v) is 8.07. The Hall–Kier alpha value is -2.15. The molecule has 5 nitrogen and oxygen atoms in total. The maximum absolute atomic E-state index is 12.9. The molecule has 1 aromatic carbocycles. The van der Waals surface area contributed by atoms with Crippen molar-refractivity contribution in [1.82, 2.24) is 4.57 Å². The zero-order chi connectivity index (χ0) is 15.6. The monoisotopic (exact) mass is 310 g/mol. The van der Waals surface area contributed by atoms with Crippen LogP contribution in [0.4, 0.5) is 10.1 Å². The molecule has 0 saturated carbocycles. The second-order valence-corrected chi connectivity index (χ2v) is 6.55. The maximum atomic E-state index is 12.9. The molecule has 1 N–H and O–H groups in total. The fourth-order valence-corrected chi connectivity index (χ4v) is 2.54. The summed E-state index contributed by atoms with van der Waals surface area (Å²) < 4.78 is 39.3. The first-order chi connectivity index (χ1) is 9.74. The summed E-state index contributed by atoms with van der Waals surface area (Å²) in [6, 6.07) is 7.38. The standard InChI is InChI=1S/C14H15FN2O3S/c1-10(18)14-7-13(16-21(2,19)20)9-17(14)8-11-3-5-12(15)6-4-11/h3-7,9,16H,8H2,1-2H3. The zero-order valence-electron chi connectivity index (χ0n) is 11.6. The fourth-order valence-electron chi connectivity index (χ4n) is 2.00. The van der Waals surface area contributed by atoms with Crippen molar-refractivity contribution in [2.24, 2.45) is 0 Å². The third kappa shape index (κ3) is 4.16. The number of hydrogen-bond acceptors (Lipinski definition) is 3. The van der Waals surface area contributed by atoms with Crippen LogP contribution in [-0.2, 0) is 16.6 Å². The van der Waals surface area contributed by atoms with Crippen LogP contribution in [0.2, 0.25) is 0 Å². The van der Waals surface area contributed by atoms with Crippen LogP contribution in [0, 0.1) is 5.82 Å². The summed E-state index contributed by atoms with van der Waals surface area (Å²) in [4.78, 5) is 11.6. The number of nitrogens with zero attached hydrogens (tertiary/aromatic N) is 1. The topological polar surface area (TPSA) is 68.2 Å². The minimum atomic E-state index is -3.41. The predicted octanol–water partition coefficient (Wildman–Crippen LogP) is 2.25. The van der Waals surface area contributed by atoms with Crippen molar-refractivity contribution in [3.05, 3.63) is 53.6 Å². The number of Topliss-reactive ketones (excluding diaryl/α,β-unsaturated/α-hetero) is 1. The summed E-state index contributed by atoms with van der Waals surface area (Å²) in [6.07, 6.45) is 2.58. The van der Waals surface area contributed by atoms with Gasteiger partial charge in [-0.3, -0.25) is 9.52 Å². The second-order valence-electron chi connectivity index (χ2n) is 4.80. The number of nitrogens with one attached hydrogen (secondary N) is 1. The van der Waals surface area contributed by atoms with E-state index in [-0.39, 0.29) is 11.6 Å². The summed E-state index contributed by atoms with van der Waals surface area (Å²) in [7, 11) is -3.41. The highest BCUT2D eigenvalue weighted by atomic mass is 32.2. The van der Waals surface area contributed by atoms with Crippen LogP contribution in [0.5, 0.6) is 0 Å². The first-order valence-electron chi connectivity index (χ1n) is 6.18. The molecule has 112 valence electrons. The third-order valence-corrected chi connectivity index (χ3v) is 3.43. The fraction of sp³-hybridized carbons (Fsp3) is 0.214. The molecule has 2 rings (SSSR count). The first kappa shape index (κ1) is 15.2. The van der Waals surface area contributed by atoms with E-state index in [9.17, 15) is 17.6 Å². The Kier molecular flexibility index (Phi) is 4.13. The molecule has 2 aromatic rings. The average molecular weight is 310 g/mol. The average Bonchev–Trinajstić information content (AvgIpc) is 2.72. The van der Waals surface area contributed by atoms with Gasteiger partial charge in [0.1, 0.15) is 5.82 Å². The van der Waals surface area contributed by atoms with Crippen molar-refractivity contribution in [3.8, 4) is 0 Å². The SMILES string of the molecule is CC(=O)c1cc(NS(C)(=O)=O)cn1Cc1ccc(F)cc1. The van der Waals surface area contributed by atoms with Crippen LogP contribution >= 0.6 is 0 Å². The maximum Gasteiger partial charge on any atom is 0.229 e. The molecule has 0 unspecified atom stereocenters. The van der Waals surface area contributed by atoms with E-state index in [1.54, 1.807) is 22.9 Å². The molecule has 0 aliphatic rings. The number of anilines is 1. The quantitative estimate of drug-likeness (QED) is 0.861. The molecule has 0 bridgehead atoms. The molecular weight excluding hydrogens is 295 g/mol. The number of benzene rings is 1. The van der Waals surface area contributed by atoms with E-state index in [2.05, 4.69) is 4.72 Å². The van der Waals surface area contributed by atoms with Crippen LogP contribution in [0.15, 0.2) is 36.5 Å². The van der Waals surface area contributed by atoms with E-state index in [1.165, 1.54) is 25.1 Å². The lowest BCUT2D eigenvalue weighted by Gasteiger charge is -2.07. The number of halogens is 1. The summed E-state index contributed by atoms with van der Waals surface area (Å²) in [5.41, 5.74) is 1.51. The summed E-state index contributed by atoms with van der Waals surface area (Å²) in [6.45, 7) is 1.75. The highest BCUT2D eigenvalue weighted by Gasteiger charge is 2.12. The smallest absolute Gasteiger partial charge is 0.229 e. The Bertz CT molecular complexity index is 764. The summed E-state index contributed by atoms with van der Waals surface area (Å²) in [5, 5.41) is 0. The Balaban J connectivity index is 2.33.